The number of H-pyrrole nitrogens is 1. The first-order valence-corrected chi connectivity index (χ1v) is 7.53. The highest BCUT2D eigenvalue weighted by molar-refractivity contribution is 5.92. The predicted molar refractivity (Wildman–Crippen MR) is 85.9 cm³/mol. The van der Waals surface area contributed by atoms with Crippen molar-refractivity contribution in [2.45, 2.75) is 6.54 Å². The van der Waals surface area contributed by atoms with E-state index < -0.39 is 0 Å². The van der Waals surface area contributed by atoms with Crippen LogP contribution >= 0.6 is 0 Å². The summed E-state index contributed by atoms with van der Waals surface area (Å²) >= 11 is 0. The average Bonchev–Trinajstić information content (AvgIpc) is 3.08. The molecule has 2 aromatic rings. The summed E-state index contributed by atoms with van der Waals surface area (Å²) in [7, 11) is 2.13. The van der Waals surface area contributed by atoms with Gasteiger partial charge in [0.2, 0.25) is 0 Å². The lowest BCUT2D eigenvalue weighted by Gasteiger charge is -2.34. The fourth-order valence-corrected chi connectivity index (χ4v) is 2.61. The molecule has 1 aliphatic rings. The van der Waals surface area contributed by atoms with Gasteiger partial charge in [0.15, 0.2) is 0 Å². The van der Waals surface area contributed by atoms with E-state index in [0.29, 0.717) is 12.2 Å². The number of carbonyl (C=O) groups excluding carboxylic acids is 1. The Balaban J connectivity index is 1.67. The molecule has 1 aliphatic heterocycles. The van der Waals surface area contributed by atoms with E-state index in [1.807, 2.05) is 24.4 Å². The Morgan fingerprint density at radius 2 is 2.09 bits per heavy atom. The Kier molecular flexibility index (Phi) is 4.39. The topological polar surface area (TPSA) is 64.3 Å². The van der Waals surface area contributed by atoms with Crippen molar-refractivity contribution in [3.8, 4) is 0 Å². The van der Waals surface area contributed by atoms with Crippen LogP contribution in [-0.2, 0) is 6.54 Å². The van der Waals surface area contributed by atoms with Gasteiger partial charge in [-0.2, -0.15) is 0 Å². The van der Waals surface area contributed by atoms with Gasteiger partial charge in [-0.25, -0.2) is 4.98 Å². The molecule has 0 spiro atoms. The van der Waals surface area contributed by atoms with Crippen LogP contribution in [-0.4, -0.2) is 54.0 Å². The minimum Gasteiger partial charge on any atom is -0.357 e. The van der Waals surface area contributed by atoms with Crippen molar-refractivity contribution in [1.29, 1.82) is 0 Å². The smallest absolute Gasteiger partial charge is 0.267 e. The zero-order chi connectivity index (χ0) is 15.4. The quantitative estimate of drug-likeness (QED) is 0.887. The summed E-state index contributed by atoms with van der Waals surface area (Å²) < 4.78 is 0. The van der Waals surface area contributed by atoms with E-state index in [1.54, 1.807) is 12.3 Å². The van der Waals surface area contributed by atoms with Crippen LogP contribution < -0.4 is 10.2 Å². The normalized spacial score (nSPS) is 15.8. The second-order valence-corrected chi connectivity index (χ2v) is 5.54. The molecule has 0 aromatic carbocycles. The van der Waals surface area contributed by atoms with E-state index in [-0.39, 0.29) is 5.91 Å². The summed E-state index contributed by atoms with van der Waals surface area (Å²) in [6, 6.07) is 7.51. The summed E-state index contributed by atoms with van der Waals surface area (Å²) in [5, 5.41) is 2.94. The van der Waals surface area contributed by atoms with E-state index >= 15 is 0 Å². The molecule has 0 radical (unpaired) electrons. The number of piperazine rings is 1. The highest BCUT2D eigenvalue weighted by Crippen LogP contribution is 2.18. The molecule has 0 atom stereocenters. The third-order valence-electron chi connectivity index (χ3n) is 3.95. The second kappa shape index (κ2) is 6.62. The maximum atomic E-state index is 12.0. The number of likely N-dealkylation sites (N-methyl/N-ethyl adjacent to an activating group) is 1. The van der Waals surface area contributed by atoms with Gasteiger partial charge in [0.25, 0.3) is 5.91 Å². The molecule has 6 nitrogen and oxygen atoms in total. The molecule has 1 amide bonds. The number of aromatic amines is 1. The van der Waals surface area contributed by atoms with Crippen molar-refractivity contribution in [3.63, 3.8) is 0 Å². The van der Waals surface area contributed by atoms with Gasteiger partial charge in [-0.3, -0.25) is 4.79 Å². The molecule has 2 aromatic heterocycles. The molecule has 0 aliphatic carbocycles. The van der Waals surface area contributed by atoms with Crippen LogP contribution in [0.2, 0.25) is 0 Å². The van der Waals surface area contributed by atoms with Gasteiger partial charge in [-0.05, 0) is 25.2 Å². The van der Waals surface area contributed by atoms with Crippen LogP contribution in [0.1, 0.15) is 16.1 Å². The summed E-state index contributed by atoms with van der Waals surface area (Å²) in [5.41, 5.74) is 1.62. The van der Waals surface area contributed by atoms with E-state index in [0.717, 1.165) is 37.6 Å². The molecule has 0 bridgehead atoms. The average molecular weight is 299 g/mol. The van der Waals surface area contributed by atoms with Gasteiger partial charge in [0.05, 0.1) is 0 Å². The maximum absolute atomic E-state index is 12.0. The lowest BCUT2D eigenvalue weighted by Crippen LogP contribution is -2.45. The summed E-state index contributed by atoms with van der Waals surface area (Å²) in [4.78, 5) is 24.1. The van der Waals surface area contributed by atoms with Gasteiger partial charge in [-0.15, -0.1) is 0 Å². The predicted octanol–water partition coefficient (Wildman–Crippen LogP) is 1.09. The van der Waals surface area contributed by atoms with Crippen LogP contribution in [0.4, 0.5) is 5.82 Å². The largest absolute Gasteiger partial charge is 0.357 e. The summed E-state index contributed by atoms with van der Waals surface area (Å²) in [6.45, 7) is 4.47. The Bertz CT molecular complexity index is 617. The molecule has 116 valence electrons. The van der Waals surface area contributed by atoms with Crippen molar-refractivity contribution in [1.82, 2.24) is 20.2 Å². The Morgan fingerprint density at radius 3 is 2.82 bits per heavy atom. The van der Waals surface area contributed by atoms with Gasteiger partial charge in [0, 0.05) is 50.7 Å². The van der Waals surface area contributed by atoms with Gasteiger partial charge in [-0.1, -0.05) is 6.07 Å². The van der Waals surface area contributed by atoms with Gasteiger partial charge in [0.1, 0.15) is 11.5 Å². The van der Waals surface area contributed by atoms with Crippen LogP contribution in [0, 0.1) is 0 Å². The number of anilines is 1. The molecular weight excluding hydrogens is 278 g/mol. The standard InChI is InChI=1S/C16H21N5O/c1-20-8-10-21(11-9-20)15-13(4-2-7-18-15)12-19-16(22)14-5-3-6-17-14/h2-7,17H,8-12H2,1H3,(H,19,22). The third kappa shape index (κ3) is 3.28. The first-order valence-electron chi connectivity index (χ1n) is 7.53. The molecule has 6 heteroatoms. The highest BCUT2D eigenvalue weighted by atomic mass is 16.1. The number of hydrogen-bond acceptors (Lipinski definition) is 4. The molecular formula is C16H21N5O. The molecule has 1 saturated heterocycles. The van der Waals surface area contributed by atoms with Crippen molar-refractivity contribution >= 4 is 11.7 Å². The SMILES string of the molecule is CN1CCN(c2ncccc2CNC(=O)c2ccc[nH]2)CC1. The number of carbonyl (C=O) groups is 1. The molecule has 22 heavy (non-hydrogen) atoms. The van der Waals surface area contributed by atoms with Crippen molar-refractivity contribution in [2.24, 2.45) is 0 Å². The monoisotopic (exact) mass is 299 g/mol. The van der Waals surface area contributed by atoms with Crippen LogP contribution in [0.5, 0.6) is 0 Å². The first-order chi connectivity index (χ1) is 10.7. The Morgan fingerprint density at radius 1 is 1.27 bits per heavy atom. The number of hydrogen-bond donors (Lipinski definition) is 2. The zero-order valence-electron chi connectivity index (χ0n) is 12.7. The number of nitrogens with zero attached hydrogens (tertiary/aromatic N) is 3. The van der Waals surface area contributed by atoms with E-state index in [2.05, 4.69) is 32.1 Å². The minimum absolute atomic E-state index is 0.0989. The first kappa shape index (κ1) is 14.6. The van der Waals surface area contributed by atoms with Gasteiger partial charge < -0.3 is 20.1 Å². The van der Waals surface area contributed by atoms with Crippen LogP contribution in [0.3, 0.4) is 0 Å². The lowest BCUT2D eigenvalue weighted by atomic mass is 10.2. The Hall–Kier alpha value is -2.34. The lowest BCUT2D eigenvalue weighted by molar-refractivity contribution is 0.0946. The van der Waals surface area contributed by atoms with E-state index in [1.165, 1.54) is 0 Å². The molecule has 3 heterocycles. The maximum Gasteiger partial charge on any atom is 0.267 e. The number of amides is 1. The zero-order valence-corrected chi connectivity index (χ0v) is 12.7. The number of nitrogens with one attached hydrogen (secondary N) is 2. The van der Waals surface area contributed by atoms with Crippen molar-refractivity contribution in [2.75, 3.05) is 38.1 Å². The van der Waals surface area contributed by atoms with Crippen LogP contribution in [0.15, 0.2) is 36.7 Å². The number of aromatic nitrogens is 2. The number of pyridine rings is 1. The fourth-order valence-electron chi connectivity index (χ4n) is 2.61. The van der Waals surface area contributed by atoms with Crippen molar-refractivity contribution in [3.05, 3.63) is 47.9 Å². The molecule has 0 unspecified atom stereocenters. The second-order valence-electron chi connectivity index (χ2n) is 5.54. The van der Waals surface area contributed by atoms with Crippen molar-refractivity contribution < 1.29 is 4.79 Å². The summed E-state index contributed by atoms with van der Waals surface area (Å²) in [5.74, 6) is 0.876. The van der Waals surface area contributed by atoms with Crippen LogP contribution in [0.25, 0.3) is 0 Å². The Labute approximate surface area is 130 Å². The fraction of sp³-hybridized carbons (Fsp3) is 0.375. The molecule has 0 saturated carbocycles. The molecule has 1 fully saturated rings. The third-order valence-corrected chi connectivity index (χ3v) is 3.95. The summed E-state index contributed by atoms with van der Waals surface area (Å²) in [6.07, 6.45) is 3.55. The molecule has 2 N–H and O–H groups in total. The van der Waals surface area contributed by atoms with Gasteiger partial charge >= 0.3 is 0 Å². The highest BCUT2D eigenvalue weighted by Gasteiger charge is 2.18. The minimum atomic E-state index is -0.0989. The number of rotatable bonds is 4. The van der Waals surface area contributed by atoms with E-state index in [4.69, 9.17) is 0 Å². The molecule has 3 rings (SSSR count). The van der Waals surface area contributed by atoms with E-state index in [9.17, 15) is 4.79 Å².